The van der Waals surface area contributed by atoms with Crippen molar-refractivity contribution in [3.05, 3.63) is 18.0 Å². The fourth-order valence-corrected chi connectivity index (χ4v) is 0.669. The first-order valence-electron chi connectivity index (χ1n) is 3.11. The largest absolute Gasteiger partial charge is 0.275 e. The minimum atomic E-state index is 0.492. The quantitative estimate of drug-likeness (QED) is 0.551. The summed E-state index contributed by atoms with van der Waals surface area (Å²) >= 11 is 0. The van der Waals surface area contributed by atoms with Crippen LogP contribution >= 0.6 is 0 Å². The predicted molar refractivity (Wildman–Crippen MR) is 36.1 cm³/mol. The third-order valence-electron chi connectivity index (χ3n) is 1.21. The predicted octanol–water partition coefficient (Wildman–Crippen LogP) is 1.34. The van der Waals surface area contributed by atoms with Gasteiger partial charge in [-0.05, 0) is 5.92 Å². The summed E-state index contributed by atoms with van der Waals surface area (Å²) in [4.78, 5) is 0. The molecule has 0 saturated carbocycles. The van der Waals surface area contributed by atoms with Crippen molar-refractivity contribution < 1.29 is 0 Å². The molecule has 1 radical (unpaired) electrons. The number of aromatic nitrogens is 2. The molecule has 0 aliphatic carbocycles. The first kappa shape index (κ1) is 6.33. The molecule has 0 N–H and O–H groups in total. The molecule has 0 spiro atoms. The summed E-state index contributed by atoms with van der Waals surface area (Å²) in [6.07, 6.45) is 1.84. The summed E-state index contributed by atoms with van der Waals surface area (Å²) < 4.78 is 1.77. The smallest absolute Gasteiger partial charge is 0.0729 e. The van der Waals surface area contributed by atoms with Gasteiger partial charge in [-0.15, -0.1) is 0 Å². The van der Waals surface area contributed by atoms with E-state index in [0.717, 1.165) is 5.69 Å². The lowest BCUT2D eigenvalue weighted by Crippen LogP contribution is -1.92. The van der Waals surface area contributed by atoms with Crippen LogP contribution in [0.25, 0.3) is 0 Å². The second-order valence-corrected chi connectivity index (χ2v) is 2.49. The van der Waals surface area contributed by atoms with E-state index in [0.29, 0.717) is 5.92 Å². The Morgan fingerprint density at radius 2 is 2.33 bits per heavy atom. The van der Waals surface area contributed by atoms with Gasteiger partial charge in [-0.3, -0.25) is 4.68 Å². The van der Waals surface area contributed by atoms with Crippen molar-refractivity contribution in [3.63, 3.8) is 0 Å². The number of rotatable bonds is 1. The van der Waals surface area contributed by atoms with Crippen molar-refractivity contribution in [2.45, 2.75) is 19.8 Å². The topological polar surface area (TPSA) is 17.8 Å². The molecule has 1 heterocycles. The van der Waals surface area contributed by atoms with Crippen molar-refractivity contribution in [2.24, 2.45) is 7.05 Å². The van der Waals surface area contributed by atoms with Crippen LogP contribution < -0.4 is 0 Å². The van der Waals surface area contributed by atoms with Crippen molar-refractivity contribution in [2.75, 3.05) is 0 Å². The van der Waals surface area contributed by atoms with Crippen LogP contribution in [0.4, 0.5) is 0 Å². The van der Waals surface area contributed by atoms with Crippen LogP contribution in [0, 0.1) is 6.07 Å². The molecule has 1 aromatic heterocycles. The van der Waals surface area contributed by atoms with Gasteiger partial charge in [0.1, 0.15) is 0 Å². The number of aryl methyl sites for hydroxylation is 1. The molecule has 0 fully saturated rings. The van der Waals surface area contributed by atoms with Crippen molar-refractivity contribution in [3.8, 4) is 0 Å². The summed E-state index contributed by atoms with van der Waals surface area (Å²) in [5.41, 5.74) is 1.04. The average Bonchev–Trinajstić information content (AvgIpc) is 2.14. The highest BCUT2D eigenvalue weighted by atomic mass is 15.2. The van der Waals surface area contributed by atoms with Gasteiger partial charge >= 0.3 is 0 Å². The minimum Gasteiger partial charge on any atom is -0.275 e. The molecule has 2 heteroatoms. The first-order valence-corrected chi connectivity index (χ1v) is 3.11. The van der Waals surface area contributed by atoms with E-state index in [2.05, 4.69) is 25.0 Å². The van der Waals surface area contributed by atoms with E-state index in [1.807, 2.05) is 13.2 Å². The fourth-order valence-electron chi connectivity index (χ4n) is 0.669. The summed E-state index contributed by atoms with van der Waals surface area (Å²) in [5, 5.41) is 4.17. The van der Waals surface area contributed by atoms with Crippen LogP contribution in [0.2, 0.25) is 0 Å². The summed E-state index contributed by atoms with van der Waals surface area (Å²) in [5.74, 6) is 0.492. The van der Waals surface area contributed by atoms with Gasteiger partial charge in [0.25, 0.3) is 0 Å². The molecule has 1 rings (SSSR count). The molecule has 9 heavy (non-hydrogen) atoms. The normalized spacial score (nSPS) is 10.7. The molecule has 0 aliphatic rings. The van der Waals surface area contributed by atoms with Crippen molar-refractivity contribution >= 4 is 0 Å². The third kappa shape index (κ3) is 1.31. The van der Waals surface area contributed by atoms with Gasteiger partial charge in [-0.2, -0.15) is 5.10 Å². The fraction of sp³-hybridized carbons (Fsp3) is 0.571. The van der Waals surface area contributed by atoms with Gasteiger partial charge < -0.3 is 0 Å². The maximum Gasteiger partial charge on any atom is 0.0729 e. The van der Waals surface area contributed by atoms with E-state index >= 15 is 0 Å². The van der Waals surface area contributed by atoms with Gasteiger partial charge in [0.05, 0.1) is 5.69 Å². The Bertz CT molecular complexity index is 189. The Morgan fingerprint density at radius 3 is 2.56 bits per heavy atom. The standard InChI is InChI=1S/C7H11N2/c1-6(2)7-4-5-9(3)8-7/h5-6H,1-3H3. The molecule has 0 aliphatic heterocycles. The second kappa shape index (κ2) is 2.21. The van der Waals surface area contributed by atoms with Gasteiger partial charge in [0.15, 0.2) is 0 Å². The van der Waals surface area contributed by atoms with Gasteiger partial charge in [0, 0.05) is 19.3 Å². The number of hydrogen-bond acceptors (Lipinski definition) is 1. The lowest BCUT2D eigenvalue weighted by atomic mass is 10.1. The van der Waals surface area contributed by atoms with E-state index < -0.39 is 0 Å². The molecular formula is C7H11N2. The molecule has 2 nitrogen and oxygen atoms in total. The van der Waals surface area contributed by atoms with E-state index in [-0.39, 0.29) is 0 Å². The summed E-state index contributed by atoms with van der Waals surface area (Å²) in [6, 6.07) is 3.06. The van der Waals surface area contributed by atoms with Gasteiger partial charge in [-0.25, -0.2) is 0 Å². The summed E-state index contributed by atoms with van der Waals surface area (Å²) in [6.45, 7) is 4.22. The maximum absolute atomic E-state index is 4.17. The molecule has 0 saturated heterocycles. The minimum absolute atomic E-state index is 0.492. The van der Waals surface area contributed by atoms with Crippen LogP contribution in [-0.4, -0.2) is 9.78 Å². The molecule has 1 aromatic rings. The molecule has 0 unspecified atom stereocenters. The van der Waals surface area contributed by atoms with E-state index in [1.54, 1.807) is 4.68 Å². The molecule has 0 aromatic carbocycles. The molecular weight excluding hydrogens is 112 g/mol. The zero-order chi connectivity index (χ0) is 6.85. The Kier molecular flexibility index (Phi) is 1.56. The van der Waals surface area contributed by atoms with Gasteiger partial charge in [0.2, 0.25) is 0 Å². The van der Waals surface area contributed by atoms with Crippen molar-refractivity contribution in [1.29, 1.82) is 0 Å². The lowest BCUT2D eigenvalue weighted by Gasteiger charge is -1.95. The van der Waals surface area contributed by atoms with Crippen LogP contribution in [-0.2, 0) is 7.05 Å². The SMILES string of the molecule is CC(C)c1[c]cn(C)n1. The third-order valence-corrected chi connectivity index (χ3v) is 1.21. The summed E-state index contributed by atoms with van der Waals surface area (Å²) in [7, 11) is 1.91. The van der Waals surface area contributed by atoms with E-state index in [4.69, 9.17) is 0 Å². The lowest BCUT2D eigenvalue weighted by molar-refractivity contribution is 0.713. The molecule has 0 bridgehead atoms. The highest BCUT2D eigenvalue weighted by Crippen LogP contribution is 2.08. The Labute approximate surface area is 55.5 Å². The first-order chi connectivity index (χ1) is 4.20. The van der Waals surface area contributed by atoms with Crippen LogP contribution in [0.1, 0.15) is 25.5 Å². The van der Waals surface area contributed by atoms with Crippen LogP contribution in [0.15, 0.2) is 6.20 Å². The maximum atomic E-state index is 4.17. The zero-order valence-corrected chi connectivity index (χ0v) is 6.05. The van der Waals surface area contributed by atoms with E-state index in [9.17, 15) is 0 Å². The zero-order valence-electron chi connectivity index (χ0n) is 6.05. The van der Waals surface area contributed by atoms with Crippen LogP contribution in [0.3, 0.4) is 0 Å². The highest BCUT2D eigenvalue weighted by Gasteiger charge is 2.00. The molecule has 49 valence electrons. The van der Waals surface area contributed by atoms with E-state index in [1.165, 1.54) is 0 Å². The highest BCUT2D eigenvalue weighted by molar-refractivity contribution is 5.00. The van der Waals surface area contributed by atoms with Gasteiger partial charge in [-0.1, -0.05) is 13.8 Å². The molecule has 0 atom stereocenters. The molecule has 0 amide bonds. The Balaban J connectivity index is 2.85. The van der Waals surface area contributed by atoms with Crippen molar-refractivity contribution in [1.82, 2.24) is 9.78 Å². The van der Waals surface area contributed by atoms with Crippen LogP contribution in [0.5, 0.6) is 0 Å². The second-order valence-electron chi connectivity index (χ2n) is 2.49. The average molecular weight is 123 g/mol. The Morgan fingerprint density at radius 1 is 1.67 bits per heavy atom. The number of hydrogen-bond donors (Lipinski definition) is 0. The number of nitrogens with zero attached hydrogens (tertiary/aromatic N) is 2. The Hall–Kier alpha value is -0.790. The monoisotopic (exact) mass is 123 g/mol.